The molecule has 3 aromatic heterocycles. The molecule has 8 heteroatoms. The third kappa shape index (κ3) is 4.32. The molecular weight excluding hydrogens is 388 g/mol. The lowest BCUT2D eigenvalue weighted by Crippen LogP contribution is -2.12. The Labute approximate surface area is 179 Å². The lowest BCUT2D eigenvalue weighted by Gasteiger charge is -2.10. The molecule has 3 heterocycles. The molecule has 0 atom stereocenters. The average molecular weight is 413 g/mol. The third-order valence-electron chi connectivity index (χ3n) is 5.15. The number of nitrogens with one attached hydrogen (secondary N) is 4. The van der Waals surface area contributed by atoms with Gasteiger partial charge in [0.05, 0.1) is 22.1 Å². The molecule has 0 radical (unpaired) electrons. The first-order valence-corrected chi connectivity index (χ1v) is 10.4. The van der Waals surface area contributed by atoms with Crippen molar-refractivity contribution in [1.29, 1.82) is 0 Å². The van der Waals surface area contributed by atoms with Crippen molar-refractivity contribution in [2.45, 2.75) is 19.8 Å². The van der Waals surface area contributed by atoms with Gasteiger partial charge in [0.1, 0.15) is 17.5 Å². The van der Waals surface area contributed by atoms with E-state index in [0.29, 0.717) is 12.5 Å². The number of fused-ring (bicyclic) bond motifs is 2. The second-order valence-electron chi connectivity index (χ2n) is 7.48. The molecule has 0 aliphatic rings. The van der Waals surface area contributed by atoms with Gasteiger partial charge in [-0.25, -0.2) is 15.0 Å². The Bertz CT molecular complexity index is 1250. The molecule has 5 aromatic rings. The highest BCUT2D eigenvalue weighted by Crippen LogP contribution is 2.15. The first-order chi connectivity index (χ1) is 15.2. The zero-order valence-corrected chi connectivity index (χ0v) is 17.3. The van der Waals surface area contributed by atoms with Crippen molar-refractivity contribution in [2.24, 2.45) is 0 Å². The number of benzene rings is 2. The molecule has 0 saturated heterocycles. The van der Waals surface area contributed by atoms with E-state index in [1.165, 1.54) is 0 Å². The summed E-state index contributed by atoms with van der Waals surface area (Å²) < 4.78 is 0. The van der Waals surface area contributed by atoms with E-state index in [-0.39, 0.29) is 0 Å². The largest absolute Gasteiger partial charge is 0.369 e. The fraction of sp³-hybridized carbons (Fsp3) is 0.217. The lowest BCUT2D eigenvalue weighted by molar-refractivity contribution is 0.907. The number of rotatable bonds is 8. The smallest absolute Gasteiger partial charge is 0.224 e. The summed E-state index contributed by atoms with van der Waals surface area (Å²) in [5, 5.41) is 6.69. The zero-order valence-electron chi connectivity index (χ0n) is 17.3. The number of imidazole rings is 2. The predicted molar refractivity (Wildman–Crippen MR) is 123 cm³/mol. The van der Waals surface area contributed by atoms with Crippen molar-refractivity contribution in [3.8, 4) is 0 Å². The molecule has 0 fully saturated rings. The van der Waals surface area contributed by atoms with E-state index in [2.05, 4.69) is 40.5 Å². The first-order valence-electron chi connectivity index (χ1n) is 10.4. The molecular formula is C23H24N8. The molecule has 2 aromatic carbocycles. The highest BCUT2D eigenvalue weighted by atomic mass is 15.1. The van der Waals surface area contributed by atoms with Crippen LogP contribution in [0.1, 0.15) is 17.2 Å². The number of anilines is 2. The van der Waals surface area contributed by atoms with Crippen LogP contribution in [0.4, 0.5) is 11.8 Å². The van der Waals surface area contributed by atoms with Crippen molar-refractivity contribution in [2.75, 3.05) is 23.7 Å². The first kappa shape index (κ1) is 19.0. The Hall–Kier alpha value is -3.94. The van der Waals surface area contributed by atoms with Crippen molar-refractivity contribution in [1.82, 2.24) is 29.9 Å². The van der Waals surface area contributed by atoms with Gasteiger partial charge < -0.3 is 20.6 Å². The molecule has 0 amide bonds. The zero-order chi connectivity index (χ0) is 21.0. The summed E-state index contributed by atoms with van der Waals surface area (Å²) in [6, 6.07) is 16.1. The number of hydrogen-bond acceptors (Lipinski definition) is 6. The predicted octanol–water partition coefficient (Wildman–Crippen LogP) is 3.85. The Kier molecular flexibility index (Phi) is 5.18. The lowest BCUT2D eigenvalue weighted by atomic mass is 10.3. The minimum absolute atomic E-state index is 0.605. The summed E-state index contributed by atoms with van der Waals surface area (Å²) in [6.07, 6.45) is 3.38. The summed E-state index contributed by atoms with van der Waals surface area (Å²) in [4.78, 5) is 24.9. The average Bonchev–Trinajstić information content (AvgIpc) is 3.39. The van der Waals surface area contributed by atoms with E-state index in [9.17, 15) is 0 Å². The molecule has 0 unspecified atom stereocenters. The molecule has 5 rings (SSSR count). The van der Waals surface area contributed by atoms with Crippen LogP contribution in [-0.2, 0) is 12.8 Å². The van der Waals surface area contributed by atoms with Crippen LogP contribution >= 0.6 is 0 Å². The van der Waals surface area contributed by atoms with Crippen LogP contribution in [0.5, 0.6) is 0 Å². The minimum atomic E-state index is 0.605. The maximum atomic E-state index is 4.63. The highest BCUT2D eigenvalue weighted by molar-refractivity contribution is 5.75. The molecule has 0 bridgehead atoms. The van der Waals surface area contributed by atoms with E-state index >= 15 is 0 Å². The fourth-order valence-electron chi connectivity index (χ4n) is 3.55. The molecule has 31 heavy (non-hydrogen) atoms. The van der Waals surface area contributed by atoms with E-state index in [0.717, 1.165) is 64.5 Å². The summed E-state index contributed by atoms with van der Waals surface area (Å²) in [7, 11) is 0. The van der Waals surface area contributed by atoms with Gasteiger partial charge in [0.25, 0.3) is 0 Å². The van der Waals surface area contributed by atoms with Gasteiger partial charge in [0, 0.05) is 37.7 Å². The minimum Gasteiger partial charge on any atom is -0.369 e. The number of hydrogen-bond donors (Lipinski definition) is 4. The second kappa shape index (κ2) is 8.43. The molecule has 8 nitrogen and oxygen atoms in total. The normalized spacial score (nSPS) is 11.3. The SMILES string of the molecule is Cc1cnc(NCCc2nc3ccccc3[nH]2)nc1NCCc1nc2ccccc2[nH]1. The highest BCUT2D eigenvalue weighted by Gasteiger charge is 2.07. The monoisotopic (exact) mass is 412 g/mol. The summed E-state index contributed by atoms with van der Waals surface area (Å²) in [6.45, 7) is 3.43. The number of para-hydroxylation sites is 4. The standard InChI is InChI=1S/C23H24N8/c1-15-14-26-23(25-13-11-21-29-18-8-4-5-9-19(18)30-21)31-22(15)24-12-10-20-27-16-6-2-3-7-17(16)28-20/h2-9,14H,10-13H2,1H3,(H,27,28)(H,29,30)(H2,24,25,26,31). The fourth-order valence-corrected chi connectivity index (χ4v) is 3.55. The Morgan fingerprint density at radius 1 is 0.742 bits per heavy atom. The van der Waals surface area contributed by atoms with Gasteiger partial charge in [-0.3, -0.25) is 0 Å². The second-order valence-corrected chi connectivity index (χ2v) is 7.48. The van der Waals surface area contributed by atoms with Crippen LogP contribution in [0, 0.1) is 6.92 Å². The van der Waals surface area contributed by atoms with Crippen molar-refractivity contribution in [3.05, 3.63) is 71.9 Å². The van der Waals surface area contributed by atoms with Crippen LogP contribution in [-0.4, -0.2) is 43.0 Å². The number of aromatic amines is 2. The van der Waals surface area contributed by atoms with Gasteiger partial charge in [0.15, 0.2) is 0 Å². The van der Waals surface area contributed by atoms with Crippen molar-refractivity contribution >= 4 is 33.8 Å². The number of aryl methyl sites for hydroxylation is 1. The van der Waals surface area contributed by atoms with E-state index in [1.54, 1.807) is 0 Å². The van der Waals surface area contributed by atoms with Gasteiger partial charge in [-0.15, -0.1) is 0 Å². The Morgan fingerprint density at radius 2 is 1.32 bits per heavy atom. The number of aromatic nitrogens is 6. The molecule has 156 valence electrons. The van der Waals surface area contributed by atoms with Gasteiger partial charge in [0.2, 0.25) is 5.95 Å². The Morgan fingerprint density at radius 3 is 1.94 bits per heavy atom. The van der Waals surface area contributed by atoms with Crippen LogP contribution in [0.3, 0.4) is 0 Å². The molecule has 0 aliphatic carbocycles. The Balaban J connectivity index is 1.16. The molecule has 0 spiro atoms. The van der Waals surface area contributed by atoms with Crippen LogP contribution in [0.25, 0.3) is 22.1 Å². The summed E-state index contributed by atoms with van der Waals surface area (Å²) in [5.41, 5.74) is 5.10. The van der Waals surface area contributed by atoms with Gasteiger partial charge in [-0.2, -0.15) is 4.98 Å². The number of nitrogens with zero attached hydrogens (tertiary/aromatic N) is 4. The maximum Gasteiger partial charge on any atom is 0.224 e. The summed E-state index contributed by atoms with van der Waals surface area (Å²) in [5.74, 6) is 3.35. The number of H-pyrrole nitrogens is 2. The maximum absolute atomic E-state index is 4.63. The van der Waals surface area contributed by atoms with E-state index in [1.807, 2.05) is 61.7 Å². The third-order valence-corrected chi connectivity index (χ3v) is 5.15. The van der Waals surface area contributed by atoms with E-state index in [4.69, 9.17) is 0 Å². The van der Waals surface area contributed by atoms with Gasteiger partial charge >= 0.3 is 0 Å². The summed E-state index contributed by atoms with van der Waals surface area (Å²) >= 11 is 0. The quantitative estimate of drug-likeness (QED) is 0.308. The van der Waals surface area contributed by atoms with Gasteiger partial charge in [-0.05, 0) is 31.2 Å². The van der Waals surface area contributed by atoms with Crippen LogP contribution in [0.15, 0.2) is 54.7 Å². The topological polar surface area (TPSA) is 107 Å². The van der Waals surface area contributed by atoms with Crippen LogP contribution in [0.2, 0.25) is 0 Å². The van der Waals surface area contributed by atoms with Crippen molar-refractivity contribution in [3.63, 3.8) is 0 Å². The van der Waals surface area contributed by atoms with Crippen LogP contribution < -0.4 is 10.6 Å². The van der Waals surface area contributed by atoms with Gasteiger partial charge in [-0.1, -0.05) is 24.3 Å². The van der Waals surface area contributed by atoms with Crippen molar-refractivity contribution < 1.29 is 0 Å². The molecule has 4 N–H and O–H groups in total. The molecule has 0 saturated carbocycles. The molecule has 0 aliphatic heterocycles. The van der Waals surface area contributed by atoms with E-state index < -0.39 is 0 Å².